The van der Waals surface area contributed by atoms with Gasteiger partial charge in [0.15, 0.2) is 5.71 Å². The van der Waals surface area contributed by atoms with Crippen LogP contribution in [0.15, 0.2) is 47.8 Å². The van der Waals surface area contributed by atoms with Crippen molar-refractivity contribution < 1.29 is 26.6 Å². The van der Waals surface area contributed by atoms with Crippen LogP contribution in [0.1, 0.15) is 17.8 Å². The Morgan fingerprint density at radius 1 is 1.18 bits per heavy atom. The summed E-state index contributed by atoms with van der Waals surface area (Å²) < 4.78 is 42.3. The van der Waals surface area contributed by atoms with Crippen molar-refractivity contribution in [2.75, 3.05) is 31.0 Å². The topological polar surface area (TPSA) is 116 Å². The lowest BCUT2D eigenvalue weighted by Crippen LogP contribution is -2.31. The minimum absolute atomic E-state index is 0.0420. The van der Waals surface area contributed by atoms with Crippen molar-refractivity contribution >= 4 is 38.6 Å². The molecule has 0 radical (unpaired) electrons. The summed E-state index contributed by atoms with van der Waals surface area (Å²) in [5, 5.41) is 3.82. The maximum absolute atomic E-state index is 13.1. The number of anilines is 1. The third-order valence-corrected chi connectivity index (χ3v) is 6.43. The molecule has 3 aromatic rings. The van der Waals surface area contributed by atoms with Crippen LogP contribution in [0.25, 0.3) is 11.0 Å². The van der Waals surface area contributed by atoms with E-state index in [1.165, 1.54) is 4.90 Å². The van der Waals surface area contributed by atoms with Crippen LogP contribution in [0.4, 0.5) is 10.2 Å². The lowest BCUT2D eigenvalue weighted by molar-refractivity contribution is -0.112. The molecular formula is C21H22FN5O5S. The Hall–Kier alpha value is -3.38. The van der Waals surface area contributed by atoms with Gasteiger partial charge in [0.1, 0.15) is 24.9 Å². The number of benzene rings is 1. The molecular weight excluding hydrogens is 453 g/mol. The second-order valence-electron chi connectivity index (χ2n) is 7.18. The summed E-state index contributed by atoms with van der Waals surface area (Å²) in [5.41, 5.74) is 2.06. The molecule has 33 heavy (non-hydrogen) atoms. The van der Waals surface area contributed by atoms with Gasteiger partial charge in [0.25, 0.3) is 16.0 Å². The first kappa shape index (κ1) is 22.8. The number of halogens is 1. The van der Waals surface area contributed by atoms with Crippen LogP contribution < -0.4 is 4.90 Å². The minimum Gasteiger partial charge on any atom is -0.392 e. The second-order valence-corrected chi connectivity index (χ2v) is 9.04. The Balaban J connectivity index is 1.66. The number of pyridine rings is 1. The minimum atomic E-state index is -3.59. The average molecular weight is 476 g/mol. The number of nitrogens with zero attached hydrogens (tertiary/aromatic N) is 5. The summed E-state index contributed by atoms with van der Waals surface area (Å²) in [6, 6.07) is 10.8. The number of aryl methyl sites for hydroxylation is 1. The van der Waals surface area contributed by atoms with Crippen LogP contribution >= 0.6 is 0 Å². The molecule has 1 aromatic carbocycles. The number of hydrogen-bond acceptors (Lipinski definition) is 8. The van der Waals surface area contributed by atoms with Crippen LogP contribution in [0.5, 0.6) is 0 Å². The second kappa shape index (κ2) is 9.63. The molecule has 0 atom stereocenters. The summed E-state index contributed by atoms with van der Waals surface area (Å²) in [7, 11) is -2.46. The third kappa shape index (κ3) is 4.71. The maximum atomic E-state index is 13.1. The van der Waals surface area contributed by atoms with E-state index >= 15 is 0 Å². The zero-order valence-corrected chi connectivity index (χ0v) is 18.7. The van der Waals surface area contributed by atoms with E-state index in [1.54, 1.807) is 18.3 Å². The van der Waals surface area contributed by atoms with Crippen molar-refractivity contribution in [3.05, 3.63) is 54.0 Å². The summed E-state index contributed by atoms with van der Waals surface area (Å²) in [6.45, 7) is -0.545. The van der Waals surface area contributed by atoms with Gasteiger partial charge in [-0.25, -0.2) is 14.4 Å². The van der Waals surface area contributed by atoms with Crippen LogP contribution in [0, 0.1) is 0 Å². The third-order valence-electron chi connectivity index (χ3n) is 5.13. The standard InChI is InChI=1S/C21H22FN5O5S/c1-31-33(29,30)13-5-11-26-17-8-3-2-7-16(17)24-18(26)14-27-20-15(6-4-10-23-20)19(21(27)28)25-32-12-9-22/h2-4,6-8,10H,5,9,11-14H2,1H3/b25-19-. The molecule has 0 spiro atoms. The number of amides is 1. The average Bonchev–Trinajstić information content (AvgIpc) is 3.29. The molecule has 0 N–H and O–H groups in total. The van der Waals surface area contributed by atoms with Crippen molar-refractivity contribution in [3.63, 3.8) is 0 Å². The van der Waals surface area contributed by atoms with Crippen LogP contribution in [-0.2, 0) is 37.0 Å². The molecule has 0 saturated heterocycles. The van der Waals surface area contributed by atoms with Gasteiger partial charge in [0.05, 0.1) is 36.0 Å². The Morgan fingerprint density at radius 3 is 2.79 bits per heavy atom. The van der Waals surface area contributed by atoms with Gasteiger partial charge >= 0.3 is 0 Å². The molecule has 0 saturated carbocycles. The molecule has 174 valence electrons. The van der Waals surface area contributed by atoms with E-state index in [0.717, 1.165) is 18.1 Å². The van der Waals surface area contributed by atoms with Gasteiger partial charge in [0, 0.05) is 12.7 Å². The highest BCUT2D eigenvalue weighted by molar-refractivity contribution is 7.86. The first-order valence-electron chi connectivity index (χ1n) is 10.2. The van der Waals surface area contributed by atoms with Crippen LogP contribution in [0.2, 0.25) is 0 Å². The molecule has 1 aliphatic heterocycles. The number of aromatic nitrogens is 3. The van der Waals surface area contributed by atoms with Gasteiger partial charge in [-0.15, -0.1) is 0 Å². The van der Waals surface area contributed by atoms with E-state index in [0.29, 0.717) is 30.2 Å². The maximum Gasteiger partial charge on any atom is 0.282 e. The lowest BCUT2D eigenvalue weighted by Gasteiger charge is -2.17. The highest BCUT2D eigenvalue weighted by atomic mass is 32.2. The summed E-state index contributed by atoms with van der Waals surface area (Å²) in [4.78, 5) is 28.4. The van der Waals surface area contributed by atoms with E-state index in [9.17, 15) is 17.6 Å². The largest absolute Gasteiger partial charge is 0.392 e. The molecule has 10 nitrogen and oxygen atoms in total. The molecule has 0 fully saturated rings. The highest BCUT2D eigenvalue weighted by Crippen LogP contribution is 2.29. The van der Waals surface area contributed by atoms with E-state index in [-0.39, 0.29) is 24.6 Å². The molecule has 0 aliphatic carbocycles. The number of hydrogen-bond donors (Lipinski definition) is 0. The Bertz CT molecular complexity index is 1310. The zero-order valence-electron chi connectivity index (χ0n) is 17.8. The van der Waals surface area contributed by atoms with Crippen molar-refractivity contribution in [3.8, 4) is 0 Å². The number of carbonyl (C=O) groups excluding carboxylic acids is 1. The summed E-state index contributed by atoms with van der Waals surface area (Å²) in [6.07, 6.45) is 1.86. The molecule has 4 rings (SSSR count). The normalized spacial score (nSPS) is 14.9. The molecule has 0 unspecified atom stereocenters. The number of fused-ring (bicyclic) bond motifs is 2. The molecule has 2 aromatic heterocycles. The van der Waals surface area contributed by atoms with E-state index < -0.39 is 22.7 Å². The monoisotopic (exact) mass is 475 g/mol. The Kier molecular flexibility index (Phi) is 6.65. The highest BCUT2D eigenvalue weighted by Gasteiger charge is 2.36. The summed E-state index contributed by atoms with van der Waals surface area (Å²) in [5.74, 6) is 0.362. The predicted molar refractivity (Wildman–Crippen MR) is 119 cm³/mol. The molecule has 12 heteroatoms. The molecule has 0 bridgehead atoms. The fourth-order valence-electron chi connectivity index (χ4n) is 3.64. The Morgan fingerprint density at radius 2 is 2.00 bits per heavy atom. The van der Waals surface area contributed by atoms with Crippen LogP contribution in [0.3, 0.4) is 0 Å². The quantitative estimate of drug-likeness (QED) is 0.250. The lowest BCUT2D eigenvalue weighted by atomic mass is 10.2. The number of oxime groups is 1. The number of para-hydroxylation sites is 2. The number of carbonyl (C=O) groups is 1. The SMILES string of the molecule is COS(=O)(=O)CCCn1c(CN2C(=O)/C(=N\OCCF)c3cccnc32)nc2ccccc21. The van der Waals surface area contributed by atoms with Gasteiger partial charge in [-0.3, -0.25) is 13.9 Å². The van der Waals surface area contributed by atoms with Gasteiger partial charge in [0.2, 0.25) is 0 Å². The fraction of sp³-hybridized carbons (Fsp3) is 0.333. The van der Waals surface area contributed by atoms with Gasteiger partial charge in [-0.2, -0.15) is 8.42 Å². The van der Waals surface area contributed by atoms with Crippen molar-refractivity contribution in [1.29, 1.82) is 0 Å². The zero-order chi connectivity index (χ0) is 23.4. The fourth-order valence-corrected chi connectivity index (χ4v) is 4.28. The molecule has 1 aliphatic rings. The smallest absolute Gasteiger partial charge is 0.282 e. The first-order chi connectivity index (χ1) is 15.9. The van der Waals surface area contributed by atoms with Crippen molar-refractivity contribution in [2.24, 2.45) is 5.16 Å². The van der Waals surface area contributed by atoms with E-state index in [1.807, 2.05) is 28.8 Å². The summed E-state index contributed by atoms with van der Waals surface area (Å²) >= 11 is 0. The van der Waals surface area contributed by atoms with Gasteiger partial charge in [-0.1, -0.05) is 17.3 Å². The van der Waals surface area contributed by atoms with E-state index in [2.05, 4.69) is 19.3 Å². The van der Waals surface area contributed by atoms with Crippen molar-refractivity contribution in [1.82, 2.24) is 14.5 Å². The van der Waals surface area contributed by atoms with Gasteiger partial charge < -0.3 is 9.40 Å². The molecule has 3 heterocycles. The van der Waals surface area contributed by atoms with E-state index in [4.69, 9.17) is 4.84 Å². The number of alkyl halides is 1. The first-order valence-corrected chi connectivity index (χ1v) is 11.8. The Labute approximate surface area is 189 Å². The number of imidazole rings is 1. The molecule has 1 amide bonds. The number of rotatable bonds is 10. The predicted octanol–water partition coefficient (Wildman–Crippen LogP) is 2.03. The van der Waals surface area contributed by atoms with Crippen molar-refractivity contribution in [2.45, 2.75) is 19.5 Å². The van der Waals surface area contributed by atoms with Crippen LogP contribution in [-0.4, -0.2) is 60.7 Å². The van der Waals surface area contributed by atoms with Gasteiger partial charge in [-0.05, 0) is 30.7 Å².